The number of aliphatic carboxylic acids is 1. The Morgan fingerprint density at radius 3 is 1.48 bits per heavy atom. The molecule has 2 aliphatic rings. The molecule has 6 rings (SSSR count). The maximum atomic E-state index is 12.6. The van der Waals surface area contributed by atoms with Crippen LogP contribution in [0, 0.1) is 0 Å². The molecule has 2 heterocycles. The van der Waals surface area contributed by atoms with Gasteiger partial charge in [0.1, 0.15) is 0 Å². The lowest BCUT2D eigenvalue weighted by molar-refractivity contribution is -0.137. The molecule has 0 saturated carbocycles. The topological polar surface area (TPSA) is 178 Å². The van der Waals surface area contributed by atoms with E-state index < -0.39 is 5.97 Å². The van der Waals surface area contributed by atoms with Crippen LogP contribution in [0.25, 0.3) is 0 Å². The second kappa shape index (κ2) is 28.4. The van der Waals surface area contributed by atoms with Crippen LogP contribution in [0.2, 0.25) is 10.0 Å². The molecule has 3 N–H and O–H groups in total. The third kappa shape index (κ3) is 16.8. The molecule has 0 unspecified atom stereocenters. The number of piperazine rings is 2. The molecular formula is C49H63Cl2N5O11. The Balaban J connectivity index is 0.000000243. The number of halogens is 2. The van der Waals surface area contributed by atoms with Crippen molar-refractivity contribution in [1.82, 2.24) is 25.3 Å². The first-order valence-corrected chi connectivity index (χ1v) is 22.6. The molecule has 2 saturated heterocycles. The van der Waals surface area contributed by atoms with Crippen LogP contribution in [0.5, 0.6) is 34.5 Å². The summed E-state index contributed by atoms with van der Waals surface area (Å²) in [4.78, 5) is 53.0. The van der Waals surface area contributed by atoms with Crippen LogP contribution < -0.4 is 39.1 Å². The standard InChI is InChI=1S/C25H31ClN2O5.C14H22N2O3.C10H10ClNO3/c1-31-22-12-9-19(24(32-2)25(22)33-3)17-27-13-15-28(16-14-27)23(30)6-4-5-21(29)18-7-10-20(26)11-8-18;1-17-12-5-4-11(13(18-2)14(12)19-3)10-16-8-6-15-7-9-16;11-8-3-1-7(2-4-8)10(15)12-6-5-9(13)14/h7-12H,4-6,13-17H2,1-3H3;4-5,15H,6-10H2,1-3H3;1-4H,5-6H2,(H,12,15)(H,13,14). The number of carbonyl (C=O) groups is 4. The number of carboxylic acid groups (broad SMARTS) is 1. The number of carbonyl (C=O) groups excluding carboxylic acids is 3. The summed E-state index contributed by atoms with van der Waals surface area (Å²) in [5.74, 6) is 2.90. The van der Waals surface area contributed by atoms with Gasteiger partial charge in [0.25, 0.3) is 5.91 Å². The van der Waals surface area contributed by atoms with Crippen molar-refractivity contribution < 1.29 is 52.7 Å². The average molecular weight is 969 g/mol. The minimum atomic E-state index is -0.939. The number of methoxy groups -OCH3 is 6. The van der Waals surface area contributed by atoms with E-state index in [4.69, 9.17) is 56.7 Å². The van der Waals surface area contributed by atoms with Gasteiger partial charge in [-0.3, -0.25) is 29.0 Å². The highest BCUT2D eigenvalue weighted by Gasteiger charge is 2.24. The number of carboxylic acids is 1. The Kier molecular flexibility index (Phi) is 22.8. The molecule has 67 heavy (non-hydrogen) atoms. The normalized spacial score (nSPS) is 13.7. The molecule has 0 spiro atoms. The molecule has 0 radical (unpaired) electrons. The largest absolute Gasteiger partial charge is 0.493 e. The number of benzene rings is 4. The molecule has 18 heteroatoms. The van der Waals surface area contributed by atoms with Gasteiger partial charge in [0.05, 0.1) is 49.1 Å². The van der Waals surface area contributed by atoms with Crippen LogP contribution in [0.4, 0.5) is 0 Å². The van der Waals surface area contributed by atoms with E-state index >= 15 is 0 Å². The quantitative estimate of drug-likeness (QED) is 0.0844. The van der Waals surface area contributed by atoms with Crippen LogP contribution in [0.15, 0.2) is 72.8 Å². The van der Waals surface area contributed by atoms with Crippen molar-refractivity contribution in [2.45, 2.75) is 38.8 Å². The average Bonchev–Trinajstić information content (AvgIpc) is 3.34. The molecule has 0 atom stereocenters. The van der Waals surface area contributed by atoms with Crippen molar-refractivity contribution in [3.63, 3.8) is 0 Å². The zero-order chi connectivity index (χ0) is 48.7. The molecule has 0 aromatic heterocycles. The SMILES string of the molecule is COc1ccc(CN2CCN(C(=O)CCCC(=O)c3ccc(Cl)cc3)CC2)c(OC)c1OC.COc1ccc(CN2CCNCC2)c(OC)c1OC.O=C(O)CCNC(=O)c1ccc(Cl)cc1. The number of hydrogen-bond acceptors (Lipinski definition) is 13. The molecule has 2 aliphatic heterocycles. The van der Waals surface area contributed by atoms with E-state index in [1.165, 1.54) is 0 Å². The van der Waals surface area contributed by atoms with Gasteiger partial charge in [-0.15, -0.1) is 0 Å². The van der Waals surface area contributed by atoms with Gasteiger partial charge in [-0.1, -0.05) is 35.3 Å². The van der Waals surface area contributed by atoms with Crippen molar-refractivity contribution in [2.75, 3.05) is 102 Å². The first kappa shape index (κ1) is 53.8. The molecule has 16 nitrogen and oxygen atoms in total. The summed E-state index contributed by atoms with van der Waals surface area (Å²) in [7, 11) is 9.74. The van der Waals surface area contributed by atoms with E-state index in [0.717, 1.165) is 62.7 Å². The minimum Gasteiger partial charge on any atom is -0.493 e. The lowest BCUT2D eigenvalue weighted by Crippen LogP contribution is -2.48. The molecule has 4 aromatic carbocycles. The van der Waals surface area contributed by atoms with Gasteiger partial charge in [0, 0.05) is 117 Å². The summed E-state index contributed by atoms with van der Waals surface area (Å²) in [6.45, 7) is 8.74. The third-order valence-electron chi connectivity index (χ3n) is 11.0. The van der Waals surface area contributed by atoms with Gasteiger partial charge >= 0.3 is 5.97 Å². The van der Waals surface area contributed by atoms with Crippen LogP contribution in [0.3, 0.4) is 0 Å². The predicted molar refractivity (Wildman–Crippen MR) is 258 cm³/mol. The molecule has 364 valence electrons. The lowest BCUT2D eigenvalue weighted by Gasteiger charge is -2.35. The third-order valence-corrected chi connectivity index (χ3v) is 11.5. The maximum Gasteiger partial charge on any atom is 0.305 e. The van der Waals surface area contributed by atoms with Crippen molar-refractivity contribution in [2.24, 2.45) is 0 Å². The highest BCUT2D eigenvalue weighted by Crippen LogP contribution is 2.41. The first-order chi connectivity index (χ1) is 32.3. The summed E-state index contributed by atoms with van der Waals surface area (Å²) >= 11 is 11.5. The second-order valence-corrected chi connectivity index (χ2v) is 16.2. The number of Topliss-reactive ketones (excluding diaryl/α,β-unsaturated/α-hetero) is 1. The van der Waals surface area contributed by atoms with Crippen molar-refractivity contribution >= 4 is 46.8 Å². The molecule has 0 aliphatic carbocycles. The number of nitrogens with one attached hydrogen (secondary N) is 2. The zero-order valence-corrected chi connectivity index (χ0v) is 40.7. The number of rotatable bonds is 19. The van der Waals surface area contributed by atoms with E-state index in [2.05, 4.69) is 20.4 Å². The van der Waals surface area contributed by atoms with Crippen LogP contribution in [-0.2, 0) is 22.7 Å². The summed E-state index contributed by atoms with van der Waals surface area (Å²) in [6, 6.07) is 21.1. The summed E-state index contributed by atoms with van der Waals surface area (Å²) in [5.41, 5.74) is 3.23. The Morgan fingerprint density at radius 1 is 0.567 bits per heavy atom. The molecular weight excluding hydrogens is 905 g/mol. The van der Waals surface area contributed by atoms with Crippen molar-refractivity contribution in [3.8, 4) is 34.5 Å². The van der Waals surface area contributed by atoms with Crippen molar-refractivity contribution in [3.05, 3.63) is 105 Å². The Morgan fingerprint density at radius 2 is 1.03 bits per heavy atom. The predicted octanol–water partition coefficient (Wildman–Crippen LogP) is 6.73. The summed E-state index contributed by atoms with van der Waals surface area (Å²) in [5, 5.41) is 15.4. The van der Waals surface area contributed by atoms with Gasteiger partial charge < -0.3 is 49.1 Å². The Hall–Kier alpha value is -5.78. The van der Waals surface area contributed by atoms with Crippen LogP contribution in [0.1, 0.15) is 57.5 Å². The van der Waals surface area contributed by atoms with Gasteiger partial charge in [-0.05, 0) is 67.1 Å². The van der Waals surface area contributed by atoms with Crippen molar-refractivity contribution in [1.29, 1.82) is 0 Å². The monoisotopic (exact) mass is 967 g/mol. The smallest absolute Gasteiger partial charge is 0.305 e. The number of ketones is 1. The van der Waals surface area contributed by atoms with E-state index in [1.54, 1.807) is 91.2 Å². The van der Waals surface area contributed by atoms with Crippen LogP contribution in [-0.4, -0.2) is 145 Å². The first-order valence-electron chi connectivity index (χ1n) is 21.9. The number of hydrogen-bond donors (Lipinski definition) is 3. The summed E-state index contributed by atoms with van der Waals surface area (Å²) < 4.78 is 32.6. The number of ether oxygens (including phenoxy) is 6. The van der Waals surface area contributed by atoms with Gasteiger partial charge in [-0.25, -0.2) is 0 Å². The fraction of sp³-hybridized carbons (Fsp3) is 0.429. The zero-order valence-electron chi connectivity index (χ0n) is 39.2. The number of amides is 2. The molecule has 0 bridgehead atoms. The van der Waals surface area contributed by atoms with Crippen LogP contribution >= 0.6 is 23.2 Å². The summed E-state index contributed by atoms with van der Waals surface area (Å²) in [6.07, 6.45) is 1.19. The van der Waals surface area contributed by atoms with E-state index in [9.17, 15) is 19.2 Å². The molecule has 2 amide bonds. The Bertz CT molecular complexity index is 2200. The maximum absolute atomic E-state index is 12.6. The second-order valence-electron chi connectivity index (χ2n) is 15.4. The molecule has 2 fully saturated rings. The van der Waals surface area contributed by atoms with Gasteiger partial charge in [-0.2, -0.15) is 0 Å². The van der Waals surface area contributed by atoms with E-state index in [1.807, 2.05) is 29.2 Å². The van der Waals surface area contributed by atoms with E-state index in [-0.39, 0.29) is 30.6 Å². The minimum absolute atomic E-state index is 0.0353. The Labute approximate surface area is 403 Å². The highest BCUT2D eigenvalue weighted by atomic mass is 35.5. The fourth-order valence-corrected chi connectivity index (χ4v) is 7.66. The lowest BCUT2D eigenvalue weighted by atomic mass is 10.1. The number of nitrogens with zero attached hydrogens (tertiary/aromatic N) is 3. The highest BCUT2D eigenvalue weighted by molar-refractivity contribution is 6.31. The van der Waals surface area contributed by atoms with Gasteiger partial charge in [0.15, 0.2) is 28.8 Å². The van der Waals surface area contributed by atoms with E-state index in [0.29, 0.717) is 88.8 Å². The van der Waals surface area contributed by atoms with Gasteiger partial charge in [0.2, 0.25) is 17.4 Å². The fourth-order valence-electron chi connectivity index (χ4n) is 7.41. The molecule has 4 aromatic rings.